The molecule has 0 aliphatic rings. The van der Waals surface area contributed by atoms with Crippen molar-refractivity contribution < 1.29 is 5.11 Å². The molecule has 2 N–H and O–H groups in total. The normalized spacial score (nSPS) is 11.4. The van der Waals surface area contributed by atoms with Gasteiger partial charge < -0.3 is 10.1 Å². The summed E-state index contributed by atoms with van der Waals surface area (Å²) < 4.78 is 1.40. The van der Waals surface area contributed by atoms with Crippen LogP contribution in [0.2, 0.25) is 0 Å². The topological polar surface area (TPSA) is 70.4 Å². The lowest BCUT2D eigenvalue weighted by Gasteiger charge is -2.08. The first-order valence-electron chi connectivity index (χ1n) is 6.93. The highest BCUT2D eigenvalue weighted by Gasteiger charge is 2.17. The lowest BCUT2D eigenvalue weighted by Crippen LogP contribution is -2.17. The molecular formula is C16H17N3O2. The number of nitrogens with one attached hydrogen (secondary N) is 1. The molecule has 0 aliphatic heterocycles. The molecule has 0 saturated carbocycles. The van der Waals surface area contributed by atoms with Gasteiger partial charge in [0.05, 0.1) is 11.8 Å². The van der Waals surface area contributed by atoms with Crippen molar-refractivity contribution in [3.8, 4) is 5.88 Å². The summed E-state index contributed by atoms with van der Waals surface area (Å²) in [5, 5.41) is 14.5. The minimum absolute atomic E-state index is 0.0695. The number of hydrogen-bond acceptors (Lipinski definition) is 3. The van der Waals surface area contributed by atoms with Crippen molar-refractivity contribution in [3.63, 3.8) is 0 Å². The molecule has 5 nitrogen and oxygen atoms in total. The maximum absolute atomic E-state index is 12.1. The summed E-state index contributed by atoms with van der Waals surface area (Å²) in [6.45, 7) is 3.73. The van der Waals surface area contributed by atoms with Gasteiger partial charge in [0.1, 0.15) is 5.65 Å². The molecule has 2 aromatic heterocycles. The smallest absolute Gasteiger partial charge is 0.258 e. The highest BCUT2D eigenvalue weighted by Crippen LogP contribution is 2.23. The zero-order chi connectivity index (χ0) is 15.0. The van der Waals surface area contributed by atoms with Crippen LogP contribution in [-0.2, 0) is 6.42 Å². The molecule has 0 unspecified atom stereocenters. The van der Waals surface area contributed by atoms with Gasteiger partial charge in [-0.05, 0) is 11.5 Å². The molecule has 0 spiro atoms. The van der Waals surface area contributed by atoms with Gasteiger partial charge in [0.15, 0.2) is 0 Å². The number of aromatic hydroxyl groups is 1. The van der Waals surface area contributed by atoms with E-state index in [-0.39, 0.29) is 17.4 Å². The SMILES string of the molecule is CC(C)c1c(O)n2ncc(Cc3ccccc3)c2[nH]c1=O. The minimum Gasteiger partial charge on any atom is -0.493 e. The second kappa shape index (κ2) is 5.09. The van der Waals surface area contributed by atoms with Crippen LogP contribution in [0, 0.1) is 0 Å². The minimum atomic E-state index is -0.259. The largest absolute Gasteiger partial charge is 0.493 e. The molecule has 1 aromatic carbocycles. The molecule has 0 amide bonds. The van der Waals surface area contributed by atoms with E-state index in [0.29, 0.717) is 17.6 Å². The Bertz CT molecular complexity index is 832. The van der Waals surface area contributed by atoms with E-state index in [1.54, 1.807) is 6.20 Å². The Hall–Kier alpha value is -2.56. The van der Waals surface area contributed by atoms with E-state index in [0.717, 1.165) is 11.1 Å². The van der Waals surface area contributed by atoms with Crippen molar-refractivity contribution in [1.82, 2.24) is 14.6 Å². The van der Waals surface area contributed by atoms with Crippen LogP contribution in [-0.4, -0.2) is 19.7 Å². The van der Waals surface area contributed by atoms with E-state index in [1.807, 2.05) is 44.2 Å². The van der Waals surface area contributed by atoms with Crippen LogP contribution in [0.4, 0.5) is 0 Å². The molecule has 0 atom stereocenters. The molecule has 0 saturated heterocycles. The van der Waals surface area contributed by atoms with E-state index in [4.69, 9.17) is 0 Å². The Balaban J connectivity index is 2.13. The Kier molecular flexibility index (Phi) is 3.25. The van der Waals surface area contributed by atoms with Gasteiger partial charge in [0, 0.05) is 12.0 Å². The van der Waals surface area contributed by atoms with Crippen molar-refractivity contribution in [2.24, 2.45) is 0 Å². The van der Waals surface area contributed by atoms with Crippen molar-refractivity contribution in [3.05, 3.63) is 63.6 Å². The van der Waals surface area contributed by atoms with Crippen LogP contribution in [0.25, 0.3) is 5.65 Å². The van der Waals surface area contributed by atoms with Crippen LogP contribution in [0.5, 0.6) is 5.88 Å². The van der Waals surface area contributed by atoms with E-state index in [2.05, 4.69) is 10.1 Å². The molecule has 3 rings (SSSR count). The average Bonchev–Trinajstić information content (AvgIpc) is 2.83. The monoisotopic (exact) mass is 283 g/mol. The van der Waals surface area contributed by atoms with Crippen molar-refractivity contribution >= 4 is 5.65 Å². The third-order valence-electron chi connectivity index (χ3n) is 3.58. The van der Waals surface area contributed by atoms with Gasteiger partial charge in [-0.25, -0.2) is 0 Å². The molecular weight excluding hydrogens is 266 g/mol. The fraction of sp³-hybridized carbons (Fsp3) is 0.250. The molecule has 0 fully saturated rings. The Labute approximate surface area is 121 Å². The molecule has 0 bridgehead atoms. The van der Waals surface area contributed by atoms with E-state index >= 15 is 0 Å². The van der Waals surface area contributed by atoms with Gasteiger partial charge in [0.25, 0.3) is 5.56 Å². The molecule has 108 valence electrons. The zero-order valence-corrected chi connectivity index (χ0v) is 12.0. The van der Waals surface area contributed by atoms with Gasteiger partial charge in [0.2, 0.25) is 5.88 Å². The van der Waals surface area contributed by atoms with E-state index in [1.165, 1.54) is 4.52 Å². The lowest BCUT2D eigenvalue weighted by molar-refractivity contribution is 0.423. The Morgan fingerprint density at radius 2 is 2.00 bits per heavy atom. The van der Waals surface area contributed by atoms with Gasteiger partial charge in [-0.1, -0.05) is 44.2 Å². The van der Waals surface area contributed by atoms with Gasteiger partial charge in [-0.15, -0.1) is 0 Å². The van der Waals surface area contributed by atoms with Gasteiger partial charge in [-0.2, -0.15) is 9.61 Å². The highest BCUT2D eigenvalue weighted by molar-refractivity contribution is 5.51. The highest BCUT2D eigenvalue weighted by atomic mass is 16.3. The number of aromatic nitrogens is 3. The van der Waals surface area contributed by atoms with Gasteiger partial charge in [-0.3, -0.25) is 4.79 Å². The van der Waals surface area contributed by atoms with Gasteiger partial charge >= 0.3 is 0 Å². The number of nitrogens with zero attached hydrogens (tertiary/aromatic N) is 2. The Morgan fingerprint density at radius 3 is 2.67 bits per heavy atom. The first-order chi connectivity index (χ1) is 10.1. The third kappa shape index (κ3) is 2.31. The summed E-state index contributed by atoms with van der Waals surface area (Å²) in [7, 11) is 0. The van der Waals surface area contributed by atoms with Crippen molar-refractivity contribution in [1.29, 1.82) is 0 Å². The first-order valence-corrected chi connectivity index (χ1v) is 6.93. The maximum atomic E-state index is 12.1. The van der Waals surface area contributed by atoms with Crippen molar-refractivity contribution in [2.75, 3.05) is 0 Å². The predicted octanol–water partition coefficient (Wildman–Crippen LogP) is 2.44. The molecule has 0 aliphatic carbocycles. The van der Waals surface area contributed by atoms with Crippen LogP contribution >= 0.6 is 0 Å². The number of fused-ring (bicyclic) bond motifs is 1. The second-order valence-electron chi connectivity index (χ2n) is 5.44. The van der Waals surface area contributed by atoms with Crippen LogP contribution in [0.3, 0.4) is 0 Å². The van der Waals surface area contributed by atoms with Crippen LogP contribution in [0.1, 0.15) is 36.5 Å². The number of benzene rings is 1. The molecule has 2 heterocycles. The summed E-state index contributed by atoms with van der Waals surface area (Å²) in [5.74, 6) is -0.150. The summed E-state index contributed by atoms with van der Waals surface area (Å²) in [6.07, 6.45) is 2.34. The average molecular weight is 283 g/mol. The molecule has 21 heavy (non-hydrogen) atoms. The Morgan fingerprint density at radius 1 is 1.29 bits per heavy atom. The lowest BCUT2D eigenvalue weighted by atomic mass is 10.1. The predicted molar refractivity (Wildman–Crippen MR) is 80.8 cm³/mol. The number of rotatable bonds is 3. The molecule has 0 radical (unpaired) electrons. The van der Waals surface area contributed by atoms with E-state index in [9.17, 15) is 9.90 Å². The molecule has 5 heteroatoms. The van der Waals surface area contributed by atoms with E-state index < -0.39 is 0 Å². The summed E-state index contributed by atoms with van der Waals surface area (Å²) in [6, 6.07) is 9.94. The number of hydrogen-bond donors (Lipinski definition) is 2. The fourth-order valence-electron chi connectivity index (χ4n) is 2.53. The number of aromatic amines is 1. The van der Waals surface area contributed by atoms with Crippen molar-refractivity contribution in [2.45, 2.75) is 26.2 Å². The zero-order valence-electron chi connectivity index (χ0n) is 12.0. The summed E-state index contributed by atoms with van der Waals surface area (Å²) >= 11 is 0. The number of H-pyrrole nitrogens is 1. The summed E-state index contributed by atoms with van der Waals surface area (Å²) in [4.78, 5) is 15.0. The quantitative estimate of drug-likeness (QED) is 0.775. The third-order valence-corrected chi connectivity index (χ3v) is 3.58. The fourth-order valence-corrected chi connectivity index (χ4v) is 2.53. The van der Waals surface area contributed by atoms with Crippen LogP contribution in [0.15, 0.2) is 41.3 Å². The summed E-state index contributed by atoms with van der Waals surface area (Å²) in [5.41, 5.74) is 2.65. The maximum Gasteiger partial charge on any atom is 0.258 e. The second-order valence-corrected chi connectivity index (χ2v) is 5.44. The first kappa shape index (κ1) is 13.4. The molecule has 3 aromatic rings. The van der Waals surface area contributed by atoms with Crippen LogP contribution < -0.4 is 5.56 Å². The standard InChI is InChI=1S/C16H17N3O2/c1-10(2)13-15(20)18-14-12(9-17-19(14)16(13)21)8-11-6-4-3-5-7-11/h3-7,9-10,21H,8H2,1-2H3,(H,18,20).